The highest BCUT2D eigenvalue weighted by molar-refractivity contribution is 5.95. The number of carbonyl (C=O) groups excluding carboxylic acids is 2. The fourth-order valence-electron chi connectivity index (χ4n) is 4.80. The molecule has 3 aliphatic rings. The second-order valence-electron chi connectivity index (χ2n) is 8.32. The predicted molar refractivity (Wildman–Crippen MR) is 97.6 cm³/mol. The molecule has 0 bridgehead atoms. The maximum absolute atomic E-state index is 12.7. The Morgan fingerprint density at radius 2 is 1.73 bits per heavy atom. The number of carbonyl (C=O) groups is 2. The van der Waals surface area contributed by atoms with Gasteiger partial charge in [-0.2, -0.15) is 0 Å². The van der Waals surface area contributed by atoms with Crippen molar-refractivity contribution in [2.45, 2.75) is 38.0 Å². The summed E-state index contributed by atoms with van der Waals surface area (Å²) in [7, 11) is 0. The molecule has 6 nitrogen and oxygen atoms in total. The molecule has 2 amide bonds. The molecule has 3 aliphatic heterocycles. The lowest BCUT2D eigenvalue weighted by Gasteiger charge is -2.61. The molecule has 140 valence electrons. The highest BCUT2D eigenvalue weighted by Crippen LogP contribution is 2.39. The standard InChI is InChI=1S/C20H27N3O3/c1-14(2)18(25)21-9-16-8-17(24)10-23(16)20(11-21)12-22(13-20)19(26)15-6-4-3-5-7-15/h3-7,14,16-17,24H,8-13H2,1-2H3. The number of fused-ring (bicyclic) bond motifs is 2. The minimum atomic E-state index is -0.343. The van der Waals surface area contributed by atoms with Gasteiger partial charge in [-0.25, -0.2) is 0 Å². The largest absolute Gasteiger partial charge is 0.392 e. The van der Waals surface area contributed by atoms with Crippen LogP contribution >= 0.6 is 0 Å². The molecule has 1 aromatic carbocycles. The summed E-state index contributed by atoms with van der Waals surface area (Å²) in [5.41, 5.74) is 0.487. The molecule has 2 unspecified atom stereocenters. The molecule has 0 radical (unpaired) electrons. The van der Waals surface area contributed by atoms with Gasteiger partial charge in [0.05, 0.1) is 11.6 Å². The Bertz CT molecular complexity index is 700. The summed E-state index contributed by atoms with van der Waals surface area (Å²) >= 11 is 0. The molecule has 1 spiro atoms. The fourth-order valence-corrected chi connectivity index (χ4v) is 4.80. The number of piperazine rings is 1. The van der Waals surface area contributed by atoms with Gasteiger partial charge in [0, 0.05) is 50.2 Å². The van der Waals surface area contributed by atoms with E-state index in [0.717, 1.165) is 0 Å². The number of amides is 2. The molecular weight excluding hydrogens is 330 g/mol. The zero-order valence-electron chi connectivity index (χ0n) is 15.5. The highest BCUT2D eigenvalue weighted by Gasteiger charge is 2.57. The van der Waals surface area contributed by atoms with Gasteiger partial charge >= 0.3 is 0 Å². The number of hydrogen-bond acceptors (Lipinski definition) is 4. The monoisotopic (exact) mass is 357 g/mol. The summed E-state index contributed by atoms with van der Waals surface area (Å²) in [6.07, 6.45) is 0.362. The van der Waals surface area contributed by atoms with Crippen LogP contribution in [0.2, 0.25) is 0 Å². The lowest BCUT2D eigenvalue weighted by molar-refractivity contribution is -0.149. The van der Waals surface area contributed by atoms with Crippen LogP contribution in [0.15, 0.2) is 30.3 Å². The van der Waals surface area contributed by atoms with Crippen molar-refractivity contribution < 1.29 is 14.7 Å². The molecule has 0 saturated carbocycles. The molecule has 1 N–H and O–H groups in total. The molecule has 0 aromatic heterocycles. The normalized spacial score (nSPS) is 27.5. The van der Waals surface area contributed by atoms with E-state index in [1.807, 2.05) is 54.0 Å². The topological polar surface area (TPSA) is 64.1 Å². The summed E-state index contributed by atoms with van der Waals surface area (Å²) in [5.74, 6) is 0.171. The Morgan fingerprint density at radius 3 is 2.38 bits per heavy atom. The van der Waals surface area contributed by atoms with Crippen LogP contribution in [0.5, 0.6) is 0 Å². The maximum Gasteiger partial charge on any atom is 0.253 e. The number of likely N-dealkylation sites (tertiary alicyclic amines) is 1. The van der Waals surface area contributed by atoms with E-state index in [1.165, 1.54) is 0 Å². The van der Waals surface area contributed by atoms with Crippen LogP contribution in [0.4, 0.5) is 0 Å². The number of nitrogens with zero attached hydrogens (tertiary/aromatic N) is 3. The molecular formula is C20H27N3O3. The summed E-state index contributed by atoms with van der Waals surface area (Å²) in [5, 5.41) is 10.2. The van der Waals surface area contributed by atoms with Crippen molar-refractivity contribution in [3.05, 3.63) is 35.9 Å². The third-order valence-corrected chi connectivity index (χ3v) is 6.00. The van der Waals surface area contributed by atoms with E-state index in [0.29, 0.717) is 44.7 Å². The van der Waals surface area contributed by atoms with Gasteiger partial charge < -0.3 is 14.9 Å². The summed E-state index contributed by atoms with van der Waals surface area (Å²) < 4.78 is 0. The Labute approximate surface area is 154 Å². The fraction of sp³-hybridized carbons (Fsp3) is 0.600. The maximum atomic E-state index is 12.7. The first-order chi connectivity index (χ1) is 12.4. The van der Waals surface area contributed by atoms with Gasteiger partial charge in [-0.05, 0) is 18.6 Å². The molecule has 6 heteroatoms. The molecule has 26 heavy (non-hydrogen) atoms. The van der Waals surface area contributed by atoms with E-state index >= 15 is 0 Å². The Balaban J connectivity index is 1.53. The minimum Gasteiger partial charge on any atom is -0.392 e. The van der Waals surface area contributed by atoms with Gasteiger partial charge in [0.15, 0.2) is 0 Å². The van der Waals surface area contributed by atoms with E-state index in [4.69, 9.17) is 0 Å². The van der Waals surface area contributed by atoms with Crippen LogP contribution in [0.3, 0.4) is 0 Å². The Morgan fingerprint density at radius 1 is 1.08 bits per heavy atom. The molecule has 1 aromatic rings. The number of hydrogen-bond donors (Lipinski definition) is 1. The van der Waals surface area contributed by atoms with Crippen molar-refractivity contribution in [1.82, 2.24) is 14.7 Å². The second-order valence-corrected chi connectivity index (χ2v) is 8.32. The number of β-amino-alcohol motifs (C(OH)–C–C–N with tert-alkyl or cyclic N) is 1. The minimum absolute atomic E-state index is 0.0351. The van der Waals surface area contributed by atoms with Gasteiger partial charge in [0.2, 0.25) is 5.91 Å². The number of aliphatic hydroxyl groups is 1. The van der Waals surface area contributed by atoms with E-state index in [-0.39, 0.29) is 35.4 Å². The lowest BCUT2D eigenvalue weighted by atomic mass is 9.83. The summed E-state index contributed by atoms with van der Waals surface area (Å²) in [4.78, 5) is 31.5. The second kappa shape index (κ2) is 6.35. The Kier molecular flexibility index (Phi) is 4.28. The van der Waals surface area contributed by atoms with Crippen LogP contribution in [0, 0.1) is 5.92 Å². The third kappa shape index (κ3) is 2.81. The predicted octanol–water partition coefficient (Wildman–Crippen LogP) is 0.815. The number of aliphatic hydroxyl groups excluding tert-OH is 1. The van der Waals surface area contributed by atoms with Gasteiger partial charge in [-0.3, -0.25) is 14.5 Å². The van der Waals surface area contributed by atoms with Crippen molar-refractivity contribution in [3.8, 4) is 0 Å². The first kappa shape index (κ1) is 17.5. The smallest absolute Gasteiger partial charge is 0.253 e. The average Bonchev–Trinajstić information content (AvgIpc) is 2.98. The van der Waals surface area contributed by atoms with Crippen LogP contribution in [0.1, 0.15) is 30.6 Å². The van der Waals surface area contributed by atoms with E-state index in [2.05, 4.69) is 4.90 Å². The molecule has 0 aliphatic carbocycles. The van der Waals surface area contributed by atoms with Crippen molar-refractivity contribution in [2.75, 3.05) is 32.7 Å². The SMILES string of the molecule is CC(C)C(=O)N1CC2CC(O)CN2C2(CN(C(=O)c3ccccc3)C2)C1. The Hall–Kier alpha value is -1.92. The summed E-state index contributed by atoms with van der Waals surface area (Å²) in [6.45, 7) is 7.06. The van der Waals surface area contributed by atoms with E-state index in [9.17, 15) is 14.7 Å². The van der Waals surface area contributed by atoms with Crippen molar-refractivity contribution in [1.29, 1.82) is 0 Å². The highest BCUT2D eigenvalue weighted by atomic mass is 16.3. The van der Waals surface area contributed by atoms with Crippen LogP contribution < -0.4 is 0 Å². The van der Waals surface area contributed by atoms with Gasteiger partial charge in [0.1, 0.15) is 0 Å². The third-order valence-electron chi connectivity index (χ3n) is 6.00. The van der Waals surface area contributed by atoms with Crippen LogP contribution in [-0.4, -0.2) is 82.0 Å². The van der Waals surface area contributed by atoms with Crippen molar-refractivity contribution in [3.63, 3.8) is 0 Å². The zero-order valence-corrected chi connectivity index (χ0v) is 15.5. The molecule has 4 rings (SSSR count). The molecule has 2 atom stereocenters. The molecule has 3 heterocycles. The van der Waals surface area contributed by atoms with E-state index in [1.54, 1.807) is 0 Å². The number of rotatable bonds is 2. The lowest BCUT2D eigenvalue weighted by Crippen LogP contribution is -2.79. The first-order valence-corrected chi connectivity index (χ1v) is 9.47. The first-order valence-electron chi connectivity index (χ1n) is 9.47. The molecule has 3 fully saturated rings. The van der Waals surface area contributed by atoms with Gasteiger partial charge in [-0.15, -0.1) is 0 Å². The van der Waals surface area contributed by atoms with Crippen LogP contribution in [0.25, 0.3) is 0 Å². The average molecular weight is 357 g/mol. The van der Waals surface area contributed by atoms with Gasteiger partial charge in [-0.1, -0.05) is 32.0 Å². The van der Waals surface area contributed by atoms with Crippen molar-refractivity contribution in [2.24, 2.45) is 5.92 Å². The van der Waals surface area contributed by atoms with Gasteiger partial charge in [0.25, 0.3) is 5.91 Å². The quantitative estimate of drug-likeness (QED) is 0.851. The molecule has 3 saturated heterocycles. The van der Waals surface area contributed by atoms with Crippen molar-refractivity contribution >= 4 is 11.8 Å². The zero-order chi connectivity index (χ0) is 18.5. The summed E-state index contributed by atoms with van der Waals surface area (Å²) in [6, 6.07) is 9.52. The number of benzene rings is 1. The van der Waals surface area contributed by atoms with E-state index < -0.39 is 0 Å². The van der Waals surface area contributed by atoms with Crippen LogP contribution in [-0.2, 0) is 4.79 Å².